The summed E-state index contributed by atoms with van der Waals surface area (Å²) in [5, 5.41) is 0. The molecule has 4 heteroatoms. The maximum Gasteiger partial charge on any atom is 0.191 e. The Morgan fingerprint density at radius 3 is 2.80 bits per heavy atom. The lowest BCUT2D eigenvalue weighted by Crippen LogP contribution is -2.44. The molecule has 0 spiro atoms. The third-order valence-electron chi connectivity index (χ3n) is 2.94. The number of nitrogens with zero attached hydrogens (tertiary/aromatic N) is 2. The van der Waals surface area contributed by atoms with Gasteiger partial charge in [0.15, 0.2) is 5.96 Å². The van der Waals surface area contributed by atoms with Crippen molar-refractivity contribution < 1.29 is 4.74 Å². The van der Waals surface area contributed by atoms with Crippen LogP contribution in [0, 0.1) is 0 Å². The highest BCUT2D eigenvalue weighted by molar-refractivity contribution is 5.80. The maximum absolute atomic E-state index is 5.85. The van der Waals surface area contributed by atoms with Gasteiger partial charge < -0.3 is 15.4 Å². The molecule has 1 heterocycles. The summed E-state index contributed by atoms with van der Waals surface area (Å²) >= 11 is 0. The molecule has 0 aliphatic carbocycles. The fourth-order valence-corrected chi connectivity index (χ4v) is 1.94. The van der Waals surface area contributed by atoms with E-state index in [-0.39, 0.29) is 5.60 Å². The molecule has 0 bridgehead atoms. The van der Waals surface area contributed by atoms with Crippen molar-refractivity contribution in [3.63, 3.8) is 0 Å². The minimum Gasteiger partial charge on any atom is -0.379 e. The molecule has 1 aliphatic heterocycles. The Kier molecular flexibility index (Phi) is 3.97. The SMILES string of the molecule is CCCN1C(N)=NCC1CC(C)(C)OC. The number of hydrogen-bond donors (Lipinski definition) is 1. The molecule has 0 saturated carbocycles. The van der Waals surface area contributed by atoms with Gasteiger partial charge in [0, 0.05) is 13.7 Å². The molecule has 0 aromatic carbocycles. The van der Waals surface area contributed by atoms with Crippen molar-refractivity contribution in [1.82, 2.24) is 4.90 Å². The topological polar surface area (TPSA) is 50.8 Å². The molecular formula is C11H23N3O. The molecule has 15 heavy (non-hydrogen) atoms. The number of guanidine groups is 1. The highest BCUT2D eigenvalue weighted by Gasteiger charge is 2.31. The van der Waals surface area contributed by atoms with Crippen molar-refractivity contribution in [1.29, 1.82) is 0 Å². The summed E-state index contributed by atoms with van der Waals surface area (Å²) in [6.07, 6.45) is 2.06. The Morgan fingerprint density at radius 2 is 2.27 bits per heavy atom. The molecule has 88 valence electrons. The van der Waals surface area contributed by atoms with Crippen LogP contribution in [-0.2, 0) is 4.74 Å². The Hall–Kier alpha value is -0.770. The third kappa shape index (κ3) is 3.09. The second-order valence-corrected chi connectivity index (χ2v) is 4.71. The molecule has 0 aromatic heterocycles. The minimum absolute atomic E-state index is 0.100. The summed E-state index contributed by atoms with van der Waals surface area (Å²) in [5.74, 6) is 0.689. The lowest BCUT2D eigenvalue weighted by Gasteiger charge is -2.32. The van der Waals surface area contributed by atoms with E-state index in [2.05, 4.69) is 30.7 Å². The maximum atomic E-state index is 5.85. The molecule has 4 nitrogen and oxygen atoms in total. The van der Waals surface area contributed by atoms with Crippen LogP contribution in [0.3, 0.4) is 0 Å². The summed E-state index contributed by atoms with van der Waals surface area (Å²) in [4.78, 5) is 6.50. The van der Waals surface area contributed by atoms with Crippen LogP contribution >= 0.6 is 0 Å². The molecule has 1 aliphatic rings. The Morgan fingerprint density at radius 1 is 1.60 bits per heavy atom. The molecule has 1 unspecified atom stereocenters. The number of rotatable bonds is 5. The molecule has 2 N–H and O–H groups in total. The molecule has 0 radical (unpaired) electrons. The van der Waals surface area contributed by atoms with E-state index >= 15 is 0 Å². The summed E-state index contributed by atoms with van der Waals surface area (Å²) in [6.45, 7) is 8.15. The standard InChI is InChI=1S/C11H23N3O/c1-5-6-14-9(8-13-10(14)12)7-11(2,3)15-4/h9H,5-8H2,1-4H3,(H2,12,13). The predicted molar refractivity (Wildman–Crippen MR) is 63.0 cm³/mol. The summed E-state index contributed by atoms with van der Waals surface area (Å²) < 4.78 is 5.44. The van der Waals surface area contributed by atoms with Crippen molar-refractivity contribution in [3.05, 3.63) is 0 Å². The fraction of sp³-hybridized carbons (Fsp3) is 0.909. The van der Waals surface area contributed by atoms with Gasteiger partial charge in [0.25, 0.3) is 0 Å². The van der Waals surface area contributed by atoms with Crippen LogP contribution in [0.2, 0.25) is 0 Å². The van der Waals surface area contributed by atoms with Crippen LogP contribution in [0.25, 0.3) is 0 Å². The molecule has 0 fully saturated rings. The average Bonchev–Trinajstić information content (AvgIpc) is 2.50. The van der Waals surface area contributed by atoms with E-state index < -0.39 is 0 Å². The lowest BCUT2D eigenvalue weighted by atomic mass is 9.98. The van der Waals surface area contributed by atoms with Gasteiger partial charge in [0.2, 0.25) is 0 Å². The highest BCUT2D eigenvalue weighted by atomic mass is 16.5. The number of nitrogens with two attached hydrogens (primary N) is 1. The summed E-state index contributed by atoms with van der Waals surface area (Å²) in [5.41, 5.74) is 5.75. The van der Waals surface area contributed by atoms with E-state index in [9.17, 15) is 0 Å². The van der Waals surface area contributed by atoms with Gasteiger partial charge in [-0.3, -0.25) is 4.99 Å². The Balaban J connectivity index is 2.56. The second-order valence-electron chi connectivity index (χ2n) is 4.71. The smallest absolute Gasteiger partial charge is 0.191 e. The van der Waals surface area contributed by atoms with Crippen LogP contribution in [-0.4, -0.2) is 42.7 Å². The first-order valence-electron chi connectivity index (χ1n) is 5.62. The van der Waals surface area contributed by atoms with E-state index in [1.165, 1.54) is 0 Å². The average molecular weight is 213 g/mol. The second kappa shape index (κ2) is 4.84. The molecular weight excluding hydrogens is 190 g/mol. The van der Waals surface area contributed by atoms with Gasteiger partial charge in [-0.05, 0) is 26.7 Å². The van der Waals surface area contributed by atoms with Crippen LogP contribution in [0.1, 0.15) is 33.6 Å². The summed E-state index contributed by atoms with van der Waals surface area (Å²) in [6, 6.07) is 0.403. The van der Waals surface area contributed by atoms with E-state index in [1.807, 2.05) is 0 Å². The van der Waals surface area contributed by atoms with Crippen molar-refractivity contribution in [2.75, 3.05) is 20.2 Å². The lowest BCUT2D eigenvalue weighted by molar-refractivity contribution is 0.00146. The first-order chi connectivity index (χ1) is 7.00. The first kappa shape index (κ1) is 12.3. The van der Waals surface area contributed by atoms with Crippen molar-refractivity contribution in [2.24, 2.45) is 10.7 Å². The fourth-order valence-electron chi connectivity index (χ4n) is 1.94. The van der Waals surface area contributed by atoms with E-state index in [4.69, 9.17) is 10.5 Å². The normalized spacial score (nSPS) is 22.0. The van der Waals surface area contributed by atoms with Crippen molar-refractivity contribution in [3.8, 4) is 0 Å². The number of hydrogen-bond acceptors (Lipinski definition) is 4. The van der Waals surface area contributed by atoms with Crippen LogP contribution in [0.15, 0.2) is 4.99 Å². The van der Waals surface area contributed by atoms with Gasteiger partial charge in [-0.1, -0.05) is 6.92 Å². The van der Waals surface area contributed by atoms with Gasteiger partial charge in [-0.15, -0.1) is 0 Å². The third-order valence-corrected chi connectivity index (χ3v) is 2.94. The number of methoxy groups -OCH3 is 1. The summed E-state index contributed by atoms with van der Waals surface area (Å²) in [7, 11) is 1.75. The van der Waals surface area contributed by atoms with Crippen LogP contribution < -0.4 is 5.73 Å². The van der Waals surface area contributed by atoms with Crippen molar-refractivity contribution in [2.45, 2.75) is 45.3 Å². The van der Waals surface area contributed by atoms with Gasteiger partial charge >= 0.3 is 0 Å². The van der Waals surface area contributed by atoms with Crippen LogP contribution in [0.5, 0.6) is 0 Å². The zero-order valence-corrected chi connectivity index (χ0v) is 10.3. The Labute approximate surface area is 92.5 Å². The minimum atomic E-state index is -0.100. The van der Waals surface area contributed by atoms with Gasteiger partial charge in [0.05, 0.1) is 18.2 Å². The first-order valence-corrected chi connectivity index (χ1v) is 5.62. The quantitative estimate of drug-likeness (QED) is 0.747. The van der Waals surface area contributed by atoms with E-state index in [0.29, 0.717) is 12.0 Å². The van der Waals surface area contributed by atoms with Crippen LogP contribution in [0.4, 0.5) is 0 Å². The predicted octanol–water partition coefficient (Wildman–Crippen LogP) is 1.21. The highest BCUT2D eigenvalue weighted by Crippen LogP contribution is 2.22. The zero-order valence-electron chi connectivity index (χ0n) is 10.3. The van der Waals surface area contributed by atoms with Gasteiger partial charge in [-0.2, -0.15) is 0 Å². The molecule has 1 atom stereocenters. The molecule has 0 amide bonds. The molecule has 1 rings (SSSR count). The van der Waals surface area contributed by atoms with Gasteiger partial charge in [-0.25, -0.2) is 0 Å². The molecule has 0 saturated heterocycles. The number of ether oxygens (including phenoxy) is 1. The number of aliphatic imine (C=N–C) groups is 1. The van der Waals surface area contributed by atoms with Crippen molar-refractivity contribution >= 4 is 5.96 Å². The molecule has 0 aromatic rings. The van der Waals surface area contributed by atoms with E-state index in [1.54, 1.807) is 7.11 Å². The Bertz CT molecular complexity index is 238. The zero-order chi connectivity index (χ0) is 11.5. The van der Waals surface area contributed by atoms with Gasteiger partial charge in [0.1, 0.15) is 0 Å². The monoisotopic (exact) mass is 213 g/mol. The van der Waals surface area contributed by atoms with E-state index in [0.717, 1.165) is 25.9 Å². The largest absolute Gasteiger partial charge is 0.379 e.